The number of nitrogens with one attached hydrogen (secondary N) is 1. The van der Waals surface area contributed by atoms with E-state index in [9.17, 15) is 5.26 Å². The Morgan fingerprint density at radius 2 is 2.09 bits per heavy atom. The van der Waals surface area contributed by atoms with Crippen LogP contribution in [0.4, 0.5) is 5.82 Å². The number of nitriles is 1. The number of methoxy groups -OCH3 is 1. The minimum Gasteiger partial charge on any atom is -0.494 e. The molecule has 1 aliphatic rings. The van der Waals surface area contributed by atoms with E-state index in [1.165, 1.54) is 0 Å². The van der Waals surface area contributed by atoms with Crippen LogP contribution in [0.3, 0.4) is 0 Å². The van der Waals surface area contributed by atoms with Crippen molar-refractivity contribution < 1.29 is 4.74 Å². The van der Waals surface area contributed by atoms with Crippen molar-refractivity contribution in [1.29, 1.82) is 5.26 Å². The monoisotopic (exact) mass is 446 g/mol. The Morgan fingerprint density at radius 1 is 1.33 bits per heavy atom. The van der Waals surface area contributed by atoms with Gasteiger partial charge >= 0.3 is 0 Å². The Hall–Kier alpha value is -3.40. The molecule has 0 amide bonds. The van der Waals surface area contributed by atoms with Gasteiger partial charge in [-0.15, -0.1) is 0 Å². The molecule has 7 nitrogen and oxygen atoms in total. The molecule has 7 heteroatoms. The van der Waals surface area contributed by atoms with Gasteiger partial charge in [0.25, 0.3) is 0 Å². The number of hydrazone groups is 1. The zero-order chi connectivity index (χ0) is 23.8. The second kappa shape index (κ2) is 11.5. The Balaban J connectivity index is 1.55. The summed E-state index contributed by atoms with van der Waals surface area (Å²) < 4.78 is 5.22. The molecular weight excluding hydrogens is 412 g/mol. The maximum atomic E-state index is 9.31. The molecule has 0 radical (unpaired) electrons. The van der Waals surface area contributed by atoms with Gasteiger partial charge in [0.2, 0.25) is 0 Å². The van der Waals surface area contributed by atoms with Gasteiger partial charge in [-0.05, 0) is 87.8 Å². The summed E-state index contributed by atoms with van der Waals surface area (Å²) in [7, 11) is 1.57. The molecular formula is C26H34N6O. The quantitative estimate of drug-likeness (QED) is 0.408. The SMILES string of the molecule is C=NN(/C=C(\C)c1ccnc(NC[C@H]2CC[C@H](c3ccc(OC)c(C#N)n3)CC2)c1)C(C)C. The number of anilines is 1. The van der Waals surface area contributed by atoms with E-state index in [1.54, 1.807) is 7.11 Å². The third kappa shape index (κ3) is 6.32. The van der Waals surface area contributed by atoms with Crippen molar-refractivity contribution in [1.82, 2.24) is 15.0 Å². The molecule has 0 aliphatic heterocycles. The molecule has 0 bridgehead atoms. The number of aromatic nitrogens is 2. The first kappa shape index (κ1) is 24.2. The summed E-state index contributed by atoms with van der Waals surface area (Å²) in [4.78, 5) is 9.04. The summed E-state index contributed by atoms with van der Waals surface area (Å²) in [6.45, 7) is 10.8. The van der Waals surface area contributed by atoms with Crippen molar-refractivity contribution in [2.45, 2.75) is 58.4 Å². The van der Waals surface area contributed by atoms with Gasteiger partial charge in [-0.2, -0.15) is 10.4 Å². The Kier molecular flexibility index (Phi) is 8.42. The lowest BCUT2D eigenvalue weighted by Gasteiger charge is -2.28. The van der Waals surface area contributed by atoms with Gasteiger partial charge in [0.15, 0.2) is 11.4 Å². The highest BCUT2D eigenvalue weighted by molar-refractivity contribution is 5.65. The predicted molar refractivity (Wildman–Crippen MR) is 133 cm³/mol. The van der Waals surface area contributed by atoms with Crippen LogP contribution in [0.15, 0.2) is 41.8 Å². The Labute approximate surface area is 197 Å². The number of ether oxygens (including phenoxy) is 1. The van der Waals surface area contributed by atoms with Crippen molar-refractivity contribution in [3.8, 4) is 11.8 Å². The first-order valence-corrected chi connectivity index (χ1v) is 11.5. The van der Waals surface area contributed by atoms with Crippen LogP contribution >= 0.6 is 0 Å². The fraction of sp³-hybridized carbons (Fsp3) is 0.462. The van der Waals surface area contributed by atoms with Crippen LogP contribution in [0.2, 0.25) is 0 Å². The van der Waals surface area contributed by atoms with Crippen LogP contribution in [0.25, 0.3) is 5.57 Å². The van der Waals surface area contributed by atoms with E-state index in [0.29, 0.717) is 23.3 Å². The molecule has 2 heterocycles. The van der Waals surface area contributed by atoms with Crippen LogP contribution in [0, 0.1) is 17.2 Å². The summed E-state index contributed by atoms with van der Waals surface area (Å²) in [5.74, 6) is 2.42. The summed E-state index contributed by atoms with van der Waals surface area (Å²) in [5, 5.41) is 18.8. The number of hydrogen-bond acceptors (Lipinski definition) is 7. The van der Waals surface area contributed by atoms with E-state index in [-0.39, 0.29) is 6.04 Å². The van der Waals surface area contributed by atoms with Crippen LogP contribution in [-0.2, 0) is 0 Å². The fourth-order valence-electron chi connectivity index (χ4n) is 4.24. The first-order valence-electron chi connectivity index (χ1n) is 11.5. The van der Waals surface area contributed by atoms with Crippen LogP contribution in [-0.4, -0.2) is 41.4 Å². The largest absolute Gasteiger partial charge is 0.494 e. The standard InChI is InChI=1S/C26H34N6O/c1-18(2)32(28-4)17-19(3)22-12-13-29-26(14-22)30-16-20-6-8-21(9-7-20)23-10-11-25(33-5)24(15-27)31-23/h10-14,17-18,20-21H,4,6-9,16H2,1-3,5H3,(H,29,30)/b19-17+/t20-,21-. The molecule has 0 atom stereocenters. The smallest absolute Gasteiger partial charge is 0.182 e. The van der Waals surface area contributed by atoms with E-state index >= 15 is 0 Å². The maximum absolute atomic E-state index is 9.31. The zero-order valence-corrected chi connectivity index (χ0v) is 20.1. The fourth-order valence-corrected chi connectivity index (χ4v) is 4.24. The van der Waals surface area contributed by atoms with Crippen molar-refractivity contribution in [3.05, 3.63) is 53.6 Å². The number of nitrogens with zero attached hydrogens (tertiary/aromatic N) is 5. The lowest BCUT2D eigenvalue weighted by atomic mass is 9.80. The molecule has 33 heavy (non-hydrogen) atoms. The van der Waals surface area contributed by atoms with Gasteiger partial charge in [0.1, 0.15) is 11.9 Å². The molecule has 0 unspecified atom stereocenters. The van der Waals surface area contributed by atoms with Crippen molar-refractivity contribution in [2.24, 2.45) is 11.0 Å². The second-order valence-corrected chi connectivity index (χ2v) is 8.85. The molecule has 0 spiro atoms. The van der Waals surface area contributed by atoms with Crippen molar-refractivity contribution in [3.63, 3.8) is 0 Å². The van der Waals surface area contributed by atoms with E-state index in [0.717, 1.165) is 54.9 Å². The van der Waals surface area contributed by atoms with Gasteiger partial charge in [-0.25, -0.2) is 9.97 Å². The summed E-state index contributed by atoms with van der Waals surface area (Å²) in [5.41, 5.74) is 3.60. The highest BCUT2D eigenvalue weighted by atomic mass is 16.5. The highest BCUT2D eigenvalue weighted by Crippen LogP contribution is 2.36. The minimum absolute atomic E-state index is 0.256. The molecule has 174 valence electrons. The maximum Gasteiger partial charge on any atom is 0.182 e. The van der Waals surface area contributed by atoms with E-state index < -0.39 is 0 Å². The summed E-state index contributed by atoms with van der Waals surface area (Å²) in [6.07, 6.45) is 8.26. The van der Waals surface area contributed by atoms with E-state index in [1.807, 2.05) is 35.6 Å². The Morgan fingerprint density at radius 3 is 2.73 bits per heavy atom. The van der Waals surface area contributed by atoms with Gasteiger partial charge in [0.05, 0.1) is 7.11 Å². The lowest BCUT2D eigenvalue weighted by molar-refractivity contribution is 0.331. The average Bonchev–Trinajstić information content (AvgIpc) is 2.85. The van der Waals surface area contributed by atoms with Crippen molar-refractivity contribution in [2.75, 3.05) is 19.0 Å². The molecule has 2 aromatic rings. The number of pyridine rings is 2. The van der Waals surface area contributed by atoms with Crippen LogP contribution in [0.5, 0.6) is 5.75 Å². The van der Waals surface area contributed by atoms with E-state index in [2.05, 4.69) is 60.0 Å². The Bertz CT molecular complexity index is 1020. The zero-order valence-electron chi connectivity index (χ0n) is 20.1. The second-order valence-electron chi connectivity index (χ2n) is 8.85. The predicted octanol–water partition coefficient (Wildman–Crippen LogP) is 5.43. The molecule has 1 N–H and O–H groups in total. The molecule has 1 fully saturated rings. The van der Waals surface area contributed by atoms with Gasteiger partial charge in [0, 0.05) is 43.3 Å². The van der Waals surface area contributed by atoms with Crippen LogP contribution < -0.4 is 10.1 Å². The highest BCUT2D eigenvalue weighted by Gasteiger charge is 2.24. The average molecular weight is 447 g/mol. The molecule has 0 saturated heterocycles. The minimum atomic E-state index is 0.256. The third-order valence-corrected chi connectivity index (χ3v) is 6.28. The van der Waals surface area contributed by atoms with E-state index in [4.69, 9.17) is 4.74 Å². The normalized spacial score (nSPS) is 18.5. The number of rotatable bonds is 9. The van der Waals surface area contributed by atoms with Crippen LogP contribution in [0.1, 0.15) is 69.3 Å². The number of hydrogen-bond donors (Lipinski definition) is 1. The number of allylic oxidation sites excluding steroid dienone is 1. The first-order chi connectivity index (χ1) is 15.9. The molecule has 0 aromatic carbocycles. The van der Waals surface area contributed by atoms with Gasteiger partial charge in [-0.3, -0.25) is 5.01 Å². The third-order valence-electron chi connectivity index (χ3n) is 6.28. The molecule has 1 saturated carbocycles. The van der Waals surface area contributed by atoms with Gasteiger partial charge in [-0.1, -0.05) is 0 Å². The molecule has 3 rings (SSSR count). The topological polar surface area (TPSA) is 86.4 Å². The molecule has 2 aromatic heterocycles. The summed E-state index contributed by atoms with van der Waals surface area (Å²) >= 11 is 0. The lowest BCUT2D eigenvalue weighted by Crippen LogP contribution is -2.21. The van der Waals surface area contributed by atoms with Gasteiger partial charge < -0.3 is 10.1 Å². The molecule has 1 aliphatic carbocycles. The summed E-state index contributed by atoms with van der Waals surface area (Å²) in [6, 6.07) is 10.3. The van der Waals surface area contributed by atoms with Crippen molar-refractivity contribution >= 4 is 18.1 Å².